The third-order valence-corrected chi connectivity index (χ3v) is 2.92. The van der Waals surface area contributed by atoms with Crippen molar-refractivity contribution in [3.63, 3.8) is 0 Å². The number of rotatable bonds is 5. The van der Waals surface area contributed by atoms with Gasteiger partial charge in [-0.2, -0.15) is 13.2 Å². The number of ether oxygens (including phenoxy) is 1. The van der Waals surface area contributed by atoms with Crippen LogP contribution in [0.3, 0.4) is 0 Å². The average molecular weight is 310 g/mol. The average Bonchev–Trinajstić information content (AvgIpc) is 2.36. The molecule has 1 atom stereocenters. The van der Waals surface area contributed by atoms with Gasteiger partial charge in [-0.3, -0.25) is 0 Å². The van der Waals surface area contributed by atoms with Crippen molar-refractivity contribution in [1.29, 1.82) is 0 Å². The Labute approximate surface area is 120 Å². The number of hydrogen-bond acceptors (Lipinski definition) is 3. The van der Waals surface area contributed by atoms with E-state index in [9.17, 15) is 18.0 Å². The molecule has 3 nitrogen and oxygen atoms in total. The molecule has 0 bridgehead atoms. The Bertz CT molecular complexity index is 477. The molecule has 0 saturated carbocycles. The van der Waals surface area contributed by atoms with Crippen molar-refractivity contribution in [2.45, 2.75) is 32.5 Å². The topological polar surface area (TPSA) is 38.3 Å². The van der Waals surface area contributed by atoms with Crippen LogP contribution in [0.1, 0.15) is 25.8 Å². The number of hydrogen-bond donors (Lipinski definition) is 1. The van der Waals surface area contributed by atoms with Gasteiger partial charge in [0.1, 0.15) is 6.04 Å². The fourth-order valence-corrected chi connectivity index (χ4v) is 1.83. The van der Waals surface area contributed by atoms with Gasteiger partial charge >= 0.3 is 12.1 Å². The summed E-state index contributed by atoms with van der Waals surface area (Å²) < 4.78 is 43.0. The predicted octanol–water partition coefficient (Wildman–Crippen LogP) is 4.11. The number of nitrogens with one attached hydrogen (secondary N) is 1. The van der Waals surface area contributed by atoms with Crippen LogP contribution in [0, 0.1) is 0 Å². The van der Waals surface area contributed by atoms with Crippen LogP contribution in [-0.2, 0) is 15.7 Å². The summed E-state index contributed by atoms with van der Waals surface area (Å²) in [7, 11) is 0. The second-order valence-electron chi connectivity index (χ2n) is 4.05. The highest BCUT2D eigenvalue weighted by Gasteiger charge is 2.33. The molecule has 1 aromatic carbocycles. The number of esters is 1. The van der Waals surface area contributed by atoms with Gasteiger partial charge in [0.2, 0.25) is 0 Å². The van der Waals surface area contributed by atoms with Gasteiger partial charge in [-0.05, 0) is 31.5 Å². The van der Waals surface area contributed by atoms with Crippen molar-refractivity contribution < 1.29 is 22.7 Å². The molecule has 0 amide bonds. The van der Waals surface area contributed by atoms with E-state index in [1.165, 1.54) is 6.07 Å². The Kier molecular flexibility index (Phi) is 5.68. The zero-order valence-electron chi connectivity index (χ0n) is 11.1. The lowest BCUT2D eigenvalue weighted by atomic mass is 10.1. The van der Waals surface area contributed by atoms with E-state index >= 15 is 0 Å². The van der Waals surface area contributed by atoms with E-state index in [1.54, 1.807) is 13.8 Å². The summed E-state index contributed by atoms with van der Waals surface area (Å²) in [6.07, 6.45) is -4.15. The minimum Gasteiger partial charge on any atom is -0.464 e. The van der Waals surface area contributed by atoms with Crippen molar-refractivity contribution in [3.8, 4) is 0 Å². The monoisotopic (exact) mass is 309 g/mol. The third-order valence-electron chi connectivity index (χ3n) is 2.59. The Hall–Kier alpha value is -1.43. The Morgan fingerprint density at radius 1 is 1.40 bits per heavy atom. The van der Waals surface area contributed by atoms with Gasteiger partial charge in [0.15, 0.2) is 0 Å². The summed E-state index contributed by atoms with van der Waals surface area (Å²) in [6.45, 7) is 3.61. The normalized spacial score (nSPS) is 12.9. The minimum absolute atomic E-state index is 0.168. The molecule has 1 N–H and O–H groups in total. The molecule has 1 rings (SSSR count). The first-order valence-corrected chi connectivity index (χ1v) is 6.47. The molecule has 0 heterocycles. The number of benzene rings is 1. The van der Waals surface area contributed by atoms with Gasteiger partial charge in [-0.25, -0.2) is 4.79 Å². The van der Waals surface area contributed by atoms with Crippen LogP contribution < -0.4 is 5.32 Å². The van der Waals surface area contributed by atoms with E-state index in [2.05, 4.69) is 5.32 Å². The highest BCUT2D eigenvalue weighted by atomic mass is 35.5. The lowest BCUT2D eigenvalue weighted by Crippen LogP contribution is -2.30. The molecule has 0 aliphatic heterocycles. The van der Waals surface area contributed by atoms with E-state index in [1.807, 2.05) is 0 Å². The second-order valence-corrected chi connectivity index (χ2v) is 4.46. The number of carbonyl (C=O) groups is 1. The van der Waals surface area contributed by atoms with Crippen LogP contribution in [0.15, 0.2) is 18.2 Å². The van der Waals surface area contributed by atoms with Crippen molar-refractivity contribution >= 4 is 23.3 Å². The van der Waals surface area contributed by atoms with E-state index in [0.717, 1.165) is 12.1 Å². The highest BCUT2D eigenvalue weighted by molar-refractivity contribution is 6.31. The van der Waals surface area contributed by atoms with Gasteiger partial charge in [-0.15, -0.1) is 0 Å². The van der Waals surface area contributed by atoms with E-state index < -0.39 is 23.8 Å². The van der Waals surface area contributed by atoms with E-state index in [-0.39, 0.29) is 17.3 Å². The zero-order valence-corrected chi connectivity index (χ0v) is 11.8. The molecule has 112 valence electrons. The molecule has 20 heavy (non-hydrogen) atoms. The van der Waals surface area contributed by atoms with Crippen LogP contribution in [0.4, 0.5) is 18.9 Å². The largest absolute Gasteiger partial charge is 0.464 e. The van der Waals surface area contributed by atoms with E-state index in [0.29, 0.717) is 6.42 Å². The fraction of sp³-hybridized carbons (Fsp3) is 0.462. The lowest BCUT2D eigenvalue weighted by molar-refractivity contribution is -0.144. The molecule has 0 aromatic heterocycles. The molecule has 0 radical (unpaired) electrons. The molecule has 0 spiro atoms. The summed E-state index contributed by atoms with van der Waals surface area (Å²) in [5.74, 6) is -0.501. The minimum atomic E-state index is -4.54. The Balaban J connectivity index is 2.95. The maximum absolute atomic E-state index is 12.7. The molecule has 7 heteroatoms. The second kappa shape index (κ2) is 6.83. The summed E-state index contributed by atoms with van der Waals surface area (Å²) in [5.41, 5.74) is -0.774. The Morgan fingerprint density at radius 3 is 2.55 bits per heavy atom. The van der Waals surface area contributed by atoms with Crippen LogP contribution in [-0.4, -0.2) is 18.6 Å². The predicted molar refractivity (Wildman–Crippen MR) is 70.8 cm³/mol. The lowest BCUT2D eigenvalue weighted by Gasteiger charge is -2.18. The third kappa shape index (κ3) is 4.30. The van der Waals surface area contributed by atoms with E-state index in [4.69, 9.17) is 16.3 Å². The SMILES string of the molecule is CCOC(=O)C(CC)Nc1ccc(Cl)c(C(F)(F)F)c1. The quantitative estimate of drug-likeness (QED) is 0.832. The summed E-state index contributed by atoms with van der Waals surface area (Å²) in [5, 5.41) is 2.34. The van der Waals surface area contributed by atoms with Gasteiger partial charge in [0.05, 0.1) is 17.2 Å². The maximum Gasteiger partial charge on any atom is 0.417 e. The van der Waals surface area contributed by atoms with Gasteiger partial charge < -0.3 is 10.1 Å². The van der Waals surface area contributed by atoms with Crippen molar-refractivity contribution in [2.24, 2.45) is 0 Å². The molecular weight excluding hydrogens is 295 g/mol. The summed E-state index contributed by atoms with van der Waals surface area (Å²) >= 11 is 5.52. The molecule has 0 fully saturated rings. The van der Waals surface area contributed by atoms with Gasteiger partial charge in [0, 0.05) is 5.69 Å². The van der Waals surface area contributed by atoms with Gasteiger partial charge in [-0.1, -0.05) is 18.5 Å². The first-order valence-electron chi connectivity index (χ1n) is 6.09. The maximum atomic E-state index is 12.7. The molecule has 1 unspecified atom stereocenters. The van der Waals surface area contributed by atoms with Crippen LogP contribution >= 0.6 is 11.6 Å². The summed E-state index contributed by atoms with van der Waals surface area (Å²) in [4.78, 5) is 11.6. The van der Waals surface area contributed by atoms with Crippen LogP contribution in [0.25, 0.3) is 0 Å². The number of alkyl halides is 3. The zero-order chi connectivity index (χ0) is 15.3. The first kappa shape index (κ1) is 16.6. The highest BCUT2D eigenvalue weighted by Crippen LogP contribution is 2.36. The van der Waals surface area contributed by atoms with Crippen LogP contribution in [0.5, 0.6) is 0 Å². The molecular formula is C13H15ClF3NO2. The number of anilines is 1. The van der Waals surface area contributed by atoms with Crippen LogP contribution in [0.2, 0.25) is 5.02 Å². The van der Waals surface area contributed by atoms with Gasteiger partial charge in [0.25, 0.3) is 0 Å². The van der Waals surface area contributed by atoms with Crippen molar-refractivity contribution in [1.82, 2.24) is 0 Å². The smallest absolute Gasteiger partial charge is 0.417 e. The summed E-state index contributed by atoms with van der Waals surface area (Å²) in [6, 6.07) is 2.71. The molecule has 1 aromatic rings. The van der Waals surface area contributed by atoms with Crippen molar-refractivity contribution in [3.05, 3.63) is 28.8 Å². The fourth-order valence-electron chi connectivity index (χ4n) is 1.60. The standard InChI is InChI=1S/C13H15ClF3NO2/c1-3-11(12(19)20-4-2)18-8-5-6-10(14)9(7-8)13(15,16)17/h5-7,11,18H,3-4H2,1-2H3. The number of halogens is 4. The number of carbonyl (C=O) groups excluding carboxylic acids is 1. The molecule has 0 aliphatic rings. The first-order chi connectivity index (χ1) is 9.29. The molecule has 0 aliphatic carbocycles. The molecule has 0 saturated heterocycles. The van der Waals surface area contributed by atoms with Crippen molar-refractivity contribution in [2.75, 3.05) is 11.9 Å². The Morgan fingerprint density at radius 2 is 2.05 bits per heavy atom.